The van der Waals surface area contributed by atoms with Gasteiger partial charge < -0.3 is 9.47 Å². The van der Waals surface area contributed by atoms with E-state index in [4.69, 9.17) is 0 Å². The fraction of sp³-hybridized carbons (Fsp3) is 0.583. The van der Waals surface area contributed by atoms with Gasteiger partial charge in [-0.2, -0.15) is 13.2 Å². The average Bonchev–Trinajstić information content (AvgIpc) is 2.29. The van der Waals surface area contributed by atoms with Crippen molar-refractivity contribution in [2.45, 2.75) is 25.1 Å². The first-order valence-electron chi connectivity index (χ1n) is 5.86. The molecule has 0 aliphatic carbocycles. The minimum Gasteiger partial charge on any atom is -0.312 e. The fourth-order valence-electron chi connectivity index (χ4n) is 2.23. The third-order valence-corrected chi connectivity index (χ3v) is 3.35. The number of alkyl halides is 3. The molecule has 1 fully saturated rings. The van der Waals surface area contributed by atoms with Crippen LogP contribution in [0.4, 0.5) is 13.2 Å². The monoisotopic (exact) mass is 260 g/mol. The quantitative estimate of drug-likeness (QED) is 0.773. The lowest BCUT2D eigenvalue weighted by atomic mass is 10.0. The van der Waals surface area contributed by atoms with Crippen molar-refractivity contribution in [1.82, 2.24) is 9.47 Å². The van der Waals surface area contributed by atoms with Crippen molar-refractivity contribution < 1.29 is 13.2 Å². The number of halogens is 3. The molecule has 100 valence electrons. The van der Waals surface area contributed by atoms with E-state index in [0.29, 0.717) is 12.8 Å². The highest BCUT2D eigenvalue weighted by atomic mass is 19.4. The van der Waals surface area contributed by atoms with E-state index in [-0.39, 0.29) is 11.6 Å². The molecule has 2 heterocycles. The second kappa shape index (κ2) is 4.76. The minimum absolute atomic E-state index is 0.129. The van der Waals surface area contributed by atoms with Gasteiger partial charge in [0.2, 0.25) is 0 Å². The van der Waals surface area contributed by atoms with Gasteiger partial charge in [-0.15, -0.1) is 0 Å². The highest BCUT2D eigenvalue weighted by molar-refractivity contribution is 5.14. The van der Waals surface area contributed by atoms with Gasteiger partial charge in [-0.05, 0) is 39.0 Å². The summed E-state index contributed by atoms with van der Waals surface area (Å²) in [5.41, 5.74) is -1.13. The zero-order chi connectivity index (χ0) is 13.3. The van der Waals surface area contributed by atoms with Gasteiger partial charge >= 0.3 is 6.18 Å². The maximum absolute atomic E-state index is 12.6. The fourth-order valence-corrected chi connectivity index (χ4v) is 2.23. The second-order valence-corrected chi connectivity index (χ2v) is 4.70. The van der Waals surface area contributed by atoms with Gasteiger partial charge in [-0.3, -0.25) is 4.79 Å². The first kappa shape index (κ1) is 13.1. The van der Waals surface area contributed by atoms with Crippen molar-refractivity contribution in [2.24, 2.45) is 0 Å². The molecule has 1 aromatic rings. The number of pyridine rings is 1. The molecule has 3 nitrogen and oxygen atoms in total. The van der Waals surface area contributed by atoms with E-state index < -0.39 is 11.7 Å². The zero-order valence-electron chi connectivity index (χ0n) is 10.1. The smallest absolute Gasteiger partial charge is 0.312 e. The van der Waals surface area contributed by atoms with Crippen molar-refractivity contribution in [2.75, 3.05) is 20.1 Å². The van der Waals surface area contributed by atoms with Gasteiger partial charge in [0.25, 0.3) is 5.56 Å². The van der Waals surface area contributed by atoms with Crippen LogP contribution in [0.15, 0.2) is 23.1 Å². The Morgan fingerprint density at radius 2 is 1.83 bits per heavy atom. The minimum atomic E-state index is -4.40. The molecule has 1 aliphatic heterocycles. The largest absolute Gasteiger partial charge is 0.417 e. The SMILES string of the molecule is CN1CCC(n2cc(C(F)(F)F)ccc2=O)CC1. The molecule has 0 spiro atoms. The van der Waals surface area contributed by atoms with Crippen molar-refractivity contribution in [3.63, 3.8) is 0 Å². The molecule has 0 atom stereocenters. The Labute approximate surface area is 103 Å². The lowest BCUT2D eigenvalue weighted by Crippen LogP contribution is -2.35. The first-order chi connectivity index (χ1) is 8.38. The molecular formula is C12H15F3N2O. The summed E-state index contributed by atoms with van der Waals surface area (Å²) in [6.07, 6.45) is -2.05. The summed E-state index contributed by atoms with van der Waals surface area (Å²) in [4.78, 5) is 13.8. The Kier molecular flexibility index (Phi) is 3.47. The third-order valence-electron chi connectivity index (χ3n) is 3.35. The molecule has 1 saturated heterocycles. The molecule has 18 heavy (non-hydrogen) atoms. The molecule has 0 N–H and O–H groups in total. The van der Waals surface area contributed by atoms with E-state index in [1.54, 1.807) is 0 Å². The van der Waals surface area contributed by atoms with Crippen molar-refractivity contribution in [1.29, 1.82) is 0 Å². The summed E-state index contributed by atoms with van der Waals surface area (Å²) in [5.74, 6) is 0. The number of hydrogen-bond donors (Lipinski definition) is 0. The van der Waals surface area contributed by atoms with Gasteiger partial charge in [-0.1, -0.05) is 0 Å². The van der Waals surface area contributed by atoms with Crippen LogP contribution < -0.4 is 5.56 Å². The molecule has 1 aliphatic rings. The number of aromatic nitrogens is 1. The summed E-state index contributed by atoms with van der Waals surface area (Å²) in [6, 6.07) is 1.71. The first-order valence-corrected chi connectivity index (χ1v) is 5.86. The van der Waals surface area contributed by atoms with Crippen LogP contribution in [0.2, 0.25) is 0 Å². The van der Waals surface area contributed by atoms with Crippen LogP contribution in [0.3, 0.4) is 0 Å². The molecule has 0 unspecified atom stereocenters. The maximum Gasteiger partial charge on any atom is 0.417 e. The molecule has 0 bridgehead atoms. The molecule has 2 rings (SSSR count). The van der Waals surface area contributed by atoms with E-state index in [0.717, 1.165) is 31.4 Å². The van der Waals surface area contributed by atoms with Crippen LogP contribution in [0.25, 0.3) is 0 Å². The molecule has 0 aromatic carbocycles. The Balaban J connectivity index is 2.30. The predicted octanol–water partition coefficient (Wildman–Crippen LogP) is 2.13. The Bertz CT molecular complexity index is 473. The lowest BCUT2D eigenvalue weighted by Gasteiger charge is -2.30. The maximum atomic E-state index is 12.6. The average molecular weight is 260 g/mol. The summed E-state index contributed by atoms with van der Waals surface area (Å²) in [7, 11) is 1.96. The van der Waals surface area contributed by atoms with Crippen LogP contribution in [0.1, 0.15) is 24.4 Å². The van der Waals surface area contributed by atoms with E-state index in [1.165, 1.54) is 4.57 Å². The Morgan fingerprint density at radius 1 is 1.22 bits per heavy atom. The summed E-state index contributed by atoms with van der Waals surface area (Å²) in [5, 5.41) is 0. The Hall–Kier alpha value is -1.30. The van der Waals surface area contributed by atoms with Crippen LogP contribution in [0, 0.1) is 0 Å². The molecule has 0 saturated carbocycles. The normalized spacial score (nSPS) is 19.1. The molecule has 0 amide bonds. The molecular weight excluding hydrogens is 245 g/mol. The predicted molar refractivity (Wildman–Crippen MR) is 61.5 cm³/mol. The molecule has 1 aromatic heterocycles. The van der Waals surface area contributed by atoms with Gasteiger partial charge in [-0.25, -0.2) is 0 Å². The highest BCUT2D eigenvalue weighted by Crippen LogP contribution is 2.29. The van der Waals surface area contributed by atoms with Crippen LogP contribution >= 0.6 is 0 Å². The Morgan fingerprint density at radius 3 is 2.39 bits per heavy atom. The topological polar surface area (TPSA) is 25.2 Å². The standard InChI is InChI=1S/C12H15F3N2O/c1-16-6-4-10(5-7-16)17-8-9(12(13,14)15)2-3-11(17)18/h2-3,8,10H,4-7H2,1H3. The number of likely N-dealkylation sites (tertiary alicyclic amines) is 1. The summed E-state index contributed by atoms with van der Waals surface area (Å²) < 4.78 is 39.0. The van der Waals surface area contributed by atoms with Crippen molar-refractivity contribution >= 4 is 0 Å². The van der Waals surface area contributed by atoms with E-state index in [1.807, 2.05) is 7.05 Å². The molecule has 6 heteroatoms. The second-order valence-electron chi connectivity index (χ2n) is 4.70. The van der Waals surface area contributed by atoms with Crippen molar-refractivity contribution in [3.05, 3.63) is 34.2 Å². The lowest BCUT2D eigenvalue weighted by molar-refractivity contribution is -0.138. The van der Waals surface area contributed by atoms with Gasteiger partial charge in [0.05, 0.1) is 5.56 Å². The summed E-state index contributed by atoms with van der Waals surface area (Å²) >= 11 is 0. The van der Waals surface area contributed by atoms with Gasteiger partial charge in [0.1, 0.15) is 0 Å². The van der Waals surface area contributed by atoms with E-state index >= 15 is 0 Å². The summed E-state index contributed by atoms with van der Waals surface area (Å²) in [6.45, 7) is 1.60. The highest BCUT2D eigenvalue weighted by Gasteiger charge is 2.32. The van der Waals surface area contributed by atoms with E-state index in [2.05, 4.69) is 4.90 Å². The molecule has 0 radical (unpaired) electrons. The van der Waals surface area contributed by atoms with Crippen LogP contribution in [-0.2, 0) is 6.18 Å². The number of rotatable bonds is 1. The van der Waals surface area contributed by atoms with Crippen LogP contribution in [-0.4, -0.2) is 29.6 Å². The van der Waals surface area contributed by atoms with E-state index in [9.17, 15) is 18.0 Å². The third kappa shape index (κ3) is 2.75. The van der Waals surface area contributed by atoms with Crippen molar-refractivity contribution in [3.8, 4) is 0 Å². The van der Waals surface area contributed by atoms with Gasteiger partial charge in [0, 0.05) is 18.3 Å². The number of piperidine rings is 1. The number of hydrogen-bond acceptors (Lipinski definition) is 2. The zero-order valence-corrected chi connectivity index (χ0v) is 10.1. The van der Waals surface area contributed by atoms with Gasteiger partial charge in [0.15, 0.2) is 0 Å². The number of nitrogens with zero attached hydrogens (tertiary/aromatic N) is 2. The van der Waals surface area contributed by atoms with Crippen LogP contribution in [0.5, 0.6) is 0 Å².